The molecule has 16 heavy (non-hydrogen) atoms. The van der Waals surface area contributed by atoms with E-state index >= 15 is 0 Å². The maximum Gasteiger partial charge on any atom is 0.320 e. The highest BCUT2D eigenvalue weighted by Crippen LogP contribution is 2.26. The molecule has 0 saturated carbocycles. The van der Waals surface area contributed by atoms with Gasteiger partial charge in [-0.05, 0) is 18.8 Å². The molecule has 2 atom stereocenters. The predicted octanol–water partition coefficient (Wildman–Crippen LogP) is -0.0487. The molecule has 0 aromatic heterocycles. The van der Waals surface area contributed by atoms with E-state index in [0.29, 0.717) is 0 Å². The number of halogens is 1. The van der Waals surface area contributed by atoms with Crippen LogP contribution in [0.1, 0.15) is 19.3 Å². The van der Waals surface area contributed by atoms with Crippen LogP contribution in [-0.2, 0) is 14.6 Å². The van der Waals surface area contributed by atoms with Crippen LogP contribution in [-0.4, -0.2) is 43.2 Å². The van der Waals surface area contributed by atoms with Crippen molar-refractivity contribution in [3.05, 3.63) is 0 Å². The molecule has 1 fully saturated rings. The summed E-state index contributed by atoms with van der Waals surface area (Å²) < 4.78 is 35.8. The van der Waals surface area contributed by atoms with E-state index in [1.165, 1.54) is 0 Å². The van der Waals surface area contributed by atoms with Crippen molar-refractivity contribution in [1.29, 1.82) is 0 Å². The Kier molecular flexibility index (Phi) is 4.26. The number of carboxylic acid groups (broad SMARTS) is 1. The zero-order valence-corrected chi connectivity index (χ0v) is 9.62. The molecular weight excluding hydrogens is 237 g/mol. The van der Waals surface area contributed by atoms with Gasteiger partial charge in [0.05, 0.1) is 11.5 Å². The minimum Gasteiger partial charge on any atom is -0.480 e. The molecule has 0 bridgehead atoms. The molecule has 0 aliphatic carbocycles. The van der Waals surface area contributed by atoms with Crippen LogP contribution >= 0.6 is 0 Å². The van der Waals surface area contributed by atoms with Crippen LogP contribution in [0.15, 0.2) is 0 Å². The number of carbonyl (C=O) groups is 1. The van der Waals surface area contributed by atoms with Gasteiger partial charge in [0, 0.05) is 6.42 Å². The van der Waals surface area contributed by atoms with E-state index in [2.05, 4.69) is 0 Å². The standard InChI is InChI=1S/C9H16FNO4S/c10-7(5-8(11)9(12)13)6-1-3-16(14,15)4-2-6/h6-8H,1-5,11H2,(H,12,13). The second-order valence-electron chi connectivity index (χ2n) is 4.19. The first-order chi connectivity index (χ1) is 7.32. The maximum absolute atomic E-state index is 13.6. The SMILES string of the molecule is NC(CC(F)C1CCS(=O)(=O)CC1)C(=O)O. The van der Waals surface area contributed by atoms with Crippen molar-refractivity contribution in [2.75, 3.05) is 11.5 Å². The molecule has 7 heteroatoms. The number of sulfone groups is 1. The second kappa shape index (κ2) is 5.09. The molecule has 0 amide bonds. The zero-order valence-electron chi connectivity index (χ0n) is 8.80. The van der Waals surface area contributed by atoms with Crippen molar-refractivity contribution in [2.24, 2.45) is 11.7 Å². The fourth-order valence-corrected chi connectivity index (χ4v) is 3.33. The molecule has 5 nitrogen and oxygen atoms in total. The molecule has 94 valence electrons. The van der Waals surface area contributed by atoms with E-state index in [9.17, 15) is 17.6 Å². The summed E-state index contributed by atoms with van der Waals surface area (Å²) in [6.45, 7) is 0. The van der Waals surface area contributed by atoms with Gasteiger partial charge in [0.25, 0.3) is 0 Å². The molecule has 3 N–H and O–H groups in total. The number of hydrogen-bond acceptors (Lipinski definition) is 4. The quantitative estimate of drug-likeness (QED) is 0.732. The number of aliphatic carboxylic acids is 1. The fourth-order valence-electron chi connectivity index (χ4n) is 1.81. The van der Waals surface area contributed by atoms with Gasteiger partial charge in [-0.2, -0.15) is 0 Å². The third kappa shape index (κ3) is 3.71. The third-order valence-electron chi connectivity index (χ3n) is 2.91. The minimum atomic E-state index is -3.01. The summed E-state index contributed by atoms with van der Waals surface area (Å²) in [5, 5.41) is 8.52. The topological polar surface area (TPSA) is 97.5 Å². The van der Waals surface area contributed by atoms with Crippen LogP contribution < -0.4 is 5.73 Å². The summed E-state index contributed by atoms with van der Waals surface area (Å²) in [7, 11) is -3.01. The van der Waals surface area contributed by atoms with E-state index in [0.717, 1.165) is 0 Å². The smallest absolute Gasteiger partial charge is 0.320 e. The molecule has 0 spiro atoms. The van der Waals surface area contributed by atoms with Gasteiger partial charge < -0.3 is 10.8 Å². The Morgan fingerprint density at radius 3 is 2.38 bits per heavy atom. The normalized spacial score (nSPS) is 24.9. The minimum absolute atomic E-state index is 0.0135. The fraction of sp³-hybridized carbons (Fsp3) is 0.889. The molecule has 0 aromatic carbocycles. The average molecular weight is 253 g/mol. The lowest BCUT2D eigenvalue weighted by atomic mass is 9.93. The van der Waals surface area contributed by atoms with E-state index in [1.807, 2.05) is 0 Å². The number of hydrogen-bond donors (Lipinski definition) is 2. The van der Waals surface area contributed by atoms with E-state index in [-0.39, 0.29) is 36.7 Å². The Morgan fingerprint density at radius 2 is 1.94 bits per heavy atom. The highest BCUT2D eigenvalue weighted by molar-refractivity contribution is 7.91. The van der Waals surface area contributed by atoms with Crippen LogP contribution in [0, 0.1) is 5.92 Å². The molecule has 1 rings (SSSR count). The van der Waals surface area contributed by atoms with Crippen molar-refractivity contribution < 1.29 is 22.7 Å². The van der Waals surface area contributed by atoms with E-state index < -0.39 is 28.0 Å². The largest absolute Gasteiger partial charge is 0.480 e. The number of carboxylic acids is 1. The molecule has 0 aromatic rings. The lowest BCUT2D eigenvalue weighted by molar-refractivity contribution is -0.139. The lowest BCUT2D eigenvalue weighted by Gasteiger charge is -2.25. The highest BCUT2D eigenvalue weighted by atomic mass is 32.2. The van der Waals surface area contributed by atoms with Crippen LogP contribution in [0.3, 0.4) is 0 Å². The molecule has 1 saturated heterocycles. The average Bonchev–Trinajstić information content (AvgIpc) is 2.17. The summed E-state index contributed by atoms with van der Waals surface area (Å²) in [5.74, 6) is -1.64. The van der Waals surface area contributed by atoms with Crippen molar-refractivity contribution in [1.82, 2.24) is 0 Å². The Bertz CT molecular complexity index is 343. The van der Waals surface area contributed by atoms with E-state index in [1.54, 1.807) is 0 Å². The Labute approximate surface area is 93.7 Å². The van der Waals surface area contributed by atoms with E-state index in [4.69, 9.17) is 10.8 Å². The summed E-state index contributed by atoms with van der Waals surface area (Å²) in [6.07, 6.45) is -1.06. The summed E-state index contributed by atoms with van der Waals surface area (Å²) in [5.41, 5.74) is 5.22. The number of alkyl halides is 1. The maximum atomic E-state index is 13.6. The van der Waals surface area contributed by atoms with Crippen LogP contribution in [0.4, 0.5) is 4.39 Å². The van der Waals surface area contributed by atoms with Gasteiger partial charge in [-0.15, -0.1) is 0 Å². The Hall–Kier alpha value is -0.690. The van der Waals surface area contributed by atoms with Crippen LogP contribution in [0.25, 0.3) is 0 Å². The van der Waals surface area contributed by atoms with Crippen molar-refractivity contribution in [3.8, 4) is 0 Å². The van der Waals surface area contributed by atoms with Gasteiger partial charge in [0.1, 0.15) is 22.1 Å². The van der Waals surface area contributed by atoms with Crippen LogP contribution in [0.5, 0.6) is 0 Å². The lowest BCUT2D eigenvalue weighted by Crippen LogP contribution is -2.37. The van der Waals surface area contributed by atoms with Gasteiger partial charge in [0.2, 0.25) is 0 Å². The Balaban J connectivity index is 2.45. The molecule has 1 aliphatic rings. The summed E-state index contributed by atoms with van der Waals surface area (Å²) in [4.78, 5) is 10.4. The Morgan fingerprint density at radius 1 is 1.44 bits per heavy atom. The molecule has 0 radical (unpaired) electrons. The molecule has 1 aliphatic heterocycles. The monoisotopic (exact) mass is 253 g/mol. The summed E-state index contributed by atoms with van der Waals surface area (Å²) in [6, 6.07) is -1.21. The zero-order chi connectivity index (χ0) is 12.3. The van der Waals surface area contributed by atoms with Gasteiger partial charge in [-0.25, -0.2) is 12.8 Å². The molecule has 2 unspecified atom stereocenters. The van der Waals surface area contributed by atoms with Gasteiger partial charge in [-0.3, -0.25) is 4.79 Å². The van der Waals surface area contributed by atoms with Crippen LogP contribution in [0.2, 0.25) is 0 Å². The number of rotatable bonds is 4. The predicted molar refractivity (Wildman–Crippen MR) is 56.5 cm³/mol. The molecular formula is C9H16FNO4S. The van der Waals surface area contributed by atoms with Gasteiger partial charge in [-0.1, -0.05) is 0 Å². The highest BCUT2D eigenvalue weighted by Gasteiger charge is 2.31. The van der Waals surface area contributed by atoms with Gasteiger partial charge >= 0.3 is 5.97 Å². The number of nitrogens with two attached hydrogens (primary N) is 1. The van der Waals surface area contributed by atoms with Crippen molar-refractivity contribution in [3.63, 3.8) is 0 Å². The first-order valence-corrected chi connectivity index (χ1v) is 6.97. The second-order valence-corrected chi connectivity index (χ2v) is 6.49. The first kappa shape index (κ1) is 13.4. The molecule has 1 heterocycles. The van der Waals surface area contributed by atoms with Crippen molar-refractivity contribution in [2.45, 2.75) is 31.5 Å². The van der Waals surface area contributed by atoms with Crippen molar-refractivity contribution >= 4 is 15.8 Å². The first-order valence-electron chi connectivity index (χ1n) is 5.14. The third-order valence-corrected chi connectivity index (χ3v) is 4.62. The van der Waals surface area contributed by atoms with Gasteiger partial charge in [0.15, 0.2) is 0 Å². The summed E-state index contributed by atoms with van der Waals surface area (Å²) >= 11 is 0.